The summed E-state index contributed by atoms with van der Waals surface area (Å²) in [5.74, 6) is 0.685. The first-order valence-corrected chi connectivity index (χ1v) is 7.08. The first-order chi connectivity index (χ1) is 10.6. The maximum Gasteiger partial charge on any atom is 0.293 e. The minimum absolute atomic E-state index is 0.0219. The summed E-state index contributed by atoms with van der Waals surface area (Å²) in [6, 6.07) is 4.81. The Morgan fingerprint density at radius 3 is 2.95 bits per heavy atom. The molecule has 0 saturated carbocycles. The van der Waals surface area contributed by atoms with Gasteiger partial charge in [0.25, 0.3) is 5.69 Å². The van der Waals surface area contributed by atoms with Crippen LogP contribution < -0.4 is 5.32 Å². The number of nitro benzene ring substituents is 1. The molecule has 1 saturated heterocycles. The van der Waals surface area contributed by atoms with Crippen molar-refractivity contribution in [2.75, 3.05) is 18.5 Å². The van der Waals surface area contributed by atoms with E-state index in [2.05, 4.69) is 15.5 Å². The molecule has 3 rings (SSSR count). The van der Waals surface area contributed by atoms with Gasteiger partial charge >= 0.3 is 0 Å². The highest BCUT2D eigenvalue weighted by molar-refractivity contribution is 5.69. The minimum atomic E-state index is -0.426. The fourth-order valence-electron chi connectivity index (χ4n) is 2.41. The number of hydrogen-bond donors (Lipinski definition) is 1. The molecule has 1 aromatic heterocycles. The van der Waals surface area contributed by atoms with Crippen LogP contribution in [0.4, 0.5) is 11.4 Å². The van der Waals surface area contributed by atoms with Crippen LogP contribution in [0.1, 0.15) is 18.7 Å². The van der Waals surface area contributed by atoms with E-state index in [1.165, 1.54) is 6.07 Å². The number of hydrogen-bond acceptors (Lipinski definition) is 7. The number of aromatic nitrogens is 2. The maximum absolute atomic E-state index is 11.3. The molecule has 0 unspecified atom stereocenters. The molecule has 0 aliphatic carbocycles. The zero-order chi connectivity index (χ0) is 15.5. The average molecular weight is 304 g/mol. The SMILES string of the molecule is Cc1nnc(-c2ccc(NC[C@@H]3CCCO3)c([N+](=O)[O-])c2)o1. The van der Waals surface area contributed by atoms with E-state index in [0.29, 0.717) is 23.7 Å². The van der Waals surface area contributed by atoms with Gasteiger partial charge in [-0.05, 0) is 25.0 Å². The summed E-state index contributed by atoms with van der Waals surface area (Å²) in [5, 5.41) is 22.0. The lowest BCUT2D eigenvalue weighted by Crippen LogP contribution is -2.18. The molecule has 1 fully saturated rings. The van der Waals surface area contributed by atoms with E-state index in [9.17, 15) is 10.1 Å². The topological polar surface area (TPSA) is 103 Å². The number of ether oxygens (including phenoxy) is 1. The maximum atomic E-state index is 11.3. The smallest absolute Gasteiger partial charge is 0.293 e. The van der Waals surface area contributed by atoms with Crippen LogP contribution in [-0.2, 0) is 4.74 Å². The third-order valence-electron chi connectivity index (χ3n) is 3.51. The summed E-state index contributed by atoms with van der Waals surface area (Å²) >= 11 is 0. The van der Waals surface area contributed by atoms with Crippen LogP contribution in [0.5, 0.6) is 0 Å². The number of nitro groups is 1. The Bertz CT molecular complexity index is 679. The Morgan fingerprint density at radius 2 is 2.32 bits per heavy atom. The molecular formula is C14H16N4O4. The molecule has 8 nitrogen and oxygen atoms in total. The number of nitrogens with one attached hydrogen (secondary N) is 1. The van der Waals surface area contributed by atoms with Crippen LogP contribution in [0.15, 0.2) is 22.6 Å². The lowest BCUT2D eigenvalue weighted by Gasteiger charge is -2.12. The molecule has 22 heavy (non-hydrogen) atoms. The lowest BCUT2D eigenvalue weighted by molar-refractivity contribution is -0.383. The van der Waals surface area contributed by atoms with Crippen LogP contribution in [0.25, 0.3) is 11.5 Å². The second kappa shape index (κ2) is 6.10. The number of aryl methyl sites for hydroxylation is 1. The molecule has 1 aliphatic rings. The van der Waals surface area contributed by atoms with Gasteiger partial charge in [-0.15, -0.1) is 10.2 Å². The molecule has 2 aromatic rings. The van der Waals surface area contributed by atoms with Crippen molar-refractivity contribution in [2.45, 2.75) is 25.9 Å². The van der Waals surface area contributed by atoms with E-state index >= 15 is 0 Å². The Hall–Kier alpha value is -2.48. The molecule has 0 spiro atoms. The Labute approximate surface area is 126 Å². The van der Waals surface area contributed by atoms with Crippen LogP contribution in [0, 0.1) is 17.0 Å². The lowest BCUT2D eigenvalue weighted by atomic mass is 10.1. The highest BCUT2D eigenvalue weighted by atomic mass is 16.6. The van der Waals surface area contributed by atoms with Gasteiger partial charge in [-0.1, -0.05) is 0 Å². The molecule has 116 valence electrons. The van der Waals surface area contributed by atoms with Gasteiger partial charge in [0.05, 0.1) is 11.0 Å². The summed E-state index contributed by atoms with van der Waals surface area (Å²) in [6.45, 7) is 2.98. The van der Waals surface area contributed by atoms with Crippen molar-refractivity contribution >= 4 is 11.4 Å². The molecule has 1 aromatic carbocycles. The largest absolute Gasteiger partial charge is 0.421 e. The van der Waals surface area contributed by atoms with Crippen molar-refractivity contribution in [3.8, 4) is 11.5 Å². The predicted molar refractivity (Wildman–Crippen MR) is 78.6 cm³/mol. The van der Waals surface area contributed by atoms with Crippen LogP contribution in [0.3, 0.4) is 0 Å². The van der Waals surface area contributed by atoms with E-state index in [-0.39, 0.29) is 17.7 Å². The van der Waals surface area contributed by atoms with E-state index in [4.69, 9.17) is 9.15 Å². The van der Waals surface area contributed by atoms with E-state index in [0.717, 1.165) is 19.4 Å². The summed E-state index contributed by atoms with van der Waals surface area (Å²) in [6.07, 6.45) is 2.11. The molecule has 0 bridgehead atoms. The zero-order valence-electron chi connectivity index (χ0n) is 12.1. The predicted octanol–water partition coefficient (Wildman–Crippen LogP) is 2.54. The van der Waals surface area contributed by atoms with Crippen molar-refractivity contribution in [1.82, 2.24) is 10.2 Å². The quantitative estimate of drug-likeness (QED) is 0.668. The number of anilines is 1. The first kappa shape index (κ1) is 14.5. The number of benzene rings is 1. The van der Waals surface area contributed by atoms with Crippen LogP contribution in [-0.4, -0.2) is 34.4 Å². The Balaban J connectivity index is 1.82. The summed E-state index contributed by atoms with van der Waals surface area (Å²) in [7, 11) is 0. The molecule has 8 heteroatoms. The van der Waals surface area contributed by atoms with E-state index < -0.39 is 4.92 Å². The van der Waals surface area contributed by atoms with Crippen molar-refractivity contribution in [1.29, 1.82) is 0 Å². The van der Waals surface area contributed by atoms with E-state index in [1.807, 2.05) is 0 Å². The van der Waals surface area contributed by atoms with Gasteiger partial charge in [0, 0.05) is 31.7 Å². The van der Waals surface area contributed by atoms with Gasteiger partial charge in [0.1, 0.15) is 5.69 Å². The monoisotopic (exact) mass is 304 g/mol. The fourth-order valence-corrected chi connectivity index (χ4v) is 2.41. The highest BCUT2D eigenvalue weighted by Crippen LogP contribution is 2.30. The Kier molecular flexibility index (Phi) is 4.01. The van der Waals surface area contributed by atoms with Gasteiger partial charge in [-0.25, -0.2) is 0 Å². The highest BCUT2D eigenvalue weighted by Gasteiger charge is 2.20. The first-order valence-electron chi connectivity index (χ1n) is 7.08. The van der Waals surface area contributed by atoms with Crippen molar-refractivity contribution < 1.29 is 14.1 Å². The third kappa shape index (κ3) is 3.06. The molecule has 1 N–H and O–H groups in total. The second-order valence-electron chi connectivity index (χ2n) is 5.13. The normalized spacial score (nSPS) is 17.6. The molecule has 0 radical (unpaired) electrons. The zero-order valence-corrected chi connectivity index (χ0v) is 12.1. The molecular weight excluding hydrogens is 288 g/mol. The summed E-state index contributed by atoms with van der Waals surface area (Å²) < 4.78 is 10.8. The molecule has 2 heterocycles. The summed E-state index contributed by atoms with van der Waals surface area (Å²) in [4.78, 5) is 10.8. The van der Waals surface area contributed by atoms with Gasteiger partial charge < -0.3 is 14.5 Å². The van der Waals surface area contributed by atoms with Crippen LogP contribution in [0.2, 0.25) is 0 Å². The van der Waals surface area contributed by atoms with Crippen molar-refractivity contribution in [3.63, 3.8) is 0 Å². The van der Waals surface area contributed by atoms with Crippen LogP contribution >= 0.6 is 0 Å². The molecule has 1 atom stereocenters. The van der Waals surface area contributed by atoms with Crippen molar-refractivity contribution in [3.05, 3.63) is 34.2 Å². The molecule has 0 amide bonds. The molecule has 1 aliphatic heterocycles. The Morgan fingerprint density at radius 1 is 1.45 bits per heavy atom. The summed E-state index contributed by atoms with van der Waals surface area (Å²) in [5.41, 5.74) is 0.960. The number of nitrogens with zero attached hydrogens (tertiary/aromatic N) is 3. The second-order valence-corrected chi connectivity index (χ2v) is 5.13. The van der Waals surface area contributed by atoms with Gasteiger partial charge in [0.2, 0.25) is 11.8 Å². The number of rotatable bonds is 5. The fraction of sp³-hybridized carbons (Fsp3) is 0.429. The van der Waals surface area contributed by atoms with Gasteiger partial charge in [-0.3, -0.25) is 10.1 Å². The van der Waals surface area contributed by atoms with Crippen molar-refractivity contribution in [2.24, 2.45) is 0 Å². The minimum Gasteiger partial charge on any atom is -0.421 e. The standard InChI is InChI=1S/C14H16N4O4/c1-9-16-17-14(22-9)10-4-5-12(13(7-10)18(19)20)15-8-11-3-2-6-21-11/h4-5,7,11,15H,2-3,6,8H2,1H3/t11-/m0/s1. The van der Waals surface area contributed by atoms with Gasteiger partial charge in [-0.2, -0.15) is 0 Å². The van der Waals surface area contributed by atoms with Gasteiger partial charge in [0.15, 0.2) is 0 Å². The third-order valence-corrected chi connectivity index (χ3v) is 3.51. The van der Waals surface area contributed by atoms with E-state index in [1.54, 1.807) is 19.1 Å². The average Bonchev–Trinajstić information content (AvgIpc) is 3.16.